The van der Waals surface area contributed by atoms with Crippen LogP contribution >= 0.6 is 0 Å². The number of ether oxygens (including phenoxy) is 1. The van der Waals surface area contributed by atoms with Gasteiger partial charge in [0.15, 0.2) is 0 Å². The van der Waals surface area contributed by atoms with Crippen LogP contribution in [0.4, 0.5) is 4.79 Å². The van der Waals surface area contributed by atoms with Crippen LogP contribution in [0.1, 0.15) is 39.5 Å². The largest absolute Gasteiger partial charge is 0.467 e. The van der Waals surface area contributed by atoms with E-state index in [9.17, 15) is 14.4 Å². The predicted octanol–water partition coefficient (Wildman–Crippen LogP) is 1.38. The first-order chi connectivity index (χ1) is 10.4. The molecule has 2 atom stereocenters. The SMILES string of the molecule is COC(=O)C(C)(C)NC(=O)NCC1CCCC(CN=C=O)C1. The Morgan fingerprint density at radius 2 is 2.00 bits per heavy atom. The standard InChI is InChI=1S/C15H25N3O4/c1-15(2,13(20)22-3)18-14(21)17-9-12-6-4-5-11(7-12)8-16-10-19/h11-12H,4-9H2,1-3H3,(H2,17,18,21). The second kappa shape index (κ2) is 8.54. The summed E-state index contributed by atoms with van der Waals surface area (Å²) >= 11 is 0. The van der Waals surface area contributed by atoms with Crippen LogP contribution in [0.5, 0.6) is 0 Å². The molecule has 0 aromatic rings. The fourth-order valence-electron chi connectivity index (χ4n) is 2.79. The number of hydrogen-bond donors (Lipinski definition) is 2. The van der Waals surface area contributed by atoms with Gasteiger partial charge in [0.25, 0.3) is 0 Å². The van der Waals surface area contributed by atoms with E-state index in [2.05, 4.69) is 20.4 Å². The molecule has 124 valence electrons. The van der Waals surface area contributed by atoms with Crippen molar-refractivity contribution in [1.82, 2.24) is 10.6 Å². The maximum Gasteiger partial charge on any atom is 0.331 e. The summed E-state index contributed by atoms with van der Waals surface area (Å²) in [5.41, 5.74) is -1.06. The fourth-order valence-corrected chi connectivity index (χ4v) is 2.79. The van der Waals surface area contributed by atoms with Crippen LogP contribution in [-0.4, -0.2) is 43.8 Å². The summed E-state index contributed by atoms with van der Waals surface area (Å²) in [6.07, 6.45) is 5.68. The molecule has 0 heterocycles. The fraction of sp³-hybridized carbons (Fsp3) is 0.800. The van der Waals surface area contributed by atoms with Crippen molar-refractivity contribution in [3.05, 3.63) is 0 Å². The highest BCUT2D eigenvalue weighted by Gasteiger charge is 2.30. The van der Waals surface area contributed by atoms with Crippen LogP contribution in [0.15, 0.2) is 4.99 Å². The number of esters is 1. The number of carbonyl (C=O) groups excluding carboxylic acids is 3. The van der Waals surface area contributed by atoms with Crippen molar-refractivity contribution in [1.29, 1.82) is 0 Å². The number of rotatable bonds is 6. The van der Waals surface area contributed by atoms with Gasteiger partial charge in [-0.2, -0.15) is 0 Å². The van der Waals surface area contributed by atoms with E-state index in [4.69, 9.17) is 0 Å². The number of aliphatic imine (C=N–C) groups is 1. The van der Waals surface area contributed by atoms with Gasteiger partial charge in [-0.25, -0.2) is 19.4 Å². The molecule has 0 radical (unpaired) electrons. The Labute approximate surface area is 130 Å². The Balaban J connectivity index is 2.37. The number of urea groups is 1. The first-order valence-corrected chi connectivity index (χ1v) is 7.57. The molecule has 1 saturated carbocycles. The van der Waals surface area contributed by atoms with Crippen molar-refractivity contribution < 1.29 is 19.1 Å². The molecule has 1 fully saturated rings. The summed E-state index contributed by atoms with van der Waals surface area (Å²) in [6, 6.07) is -0.386. The number of amides is 2. The molecule has 0 spiro atoms. The summed E-state index contributed by atoms with van der Waals surface area (Å²) < 4.78 is 4.64. The van der Waals surface area contributed by atoms with Gasteiger partial charge < -0.3 is 15.4 Å². The molecule has 1 aliphatic carbocycles. The minimum absolute atomic E-state index is 0.368. The maximum absolute atomic E-state index is 11.9. The van der Waals surface area contributed by atoms with Gasteiger partial charge in [-0.15, -0.1) is 0 Å². The molecule has 0 bridgehead atoms. The molecule has 22 heavy (non-hydrogen) atoms. The molecule has 7 heteroatoms. The van der Waals surface area contributed by atoms with Crippen LogP contribution in [0, 0.1) is 11.8 Å². The Morgan fingerprint density at radius 3 is 2.64 bits per heavy atom. The Bertz CT molecular complexity index is 444. The first-order valence-electron chi connectivity index (χ1n) is 7.57. The predicted molar refractivity (Wildman–Crippen MR) is 81.1 cm³/mol. The molecule has 0 saturated heterocycles. The molecule has 7 nitrogen and oxygen atoms in total. The second-order valence-electron chi connectivity index (χ2n) is 6.28. The highest BCUT2D eigenvalue weighted by atomic mass is 16.5. The smallest absolute Gasteiger partial charge is 0.331 e. The van der Waals surface area contributed by atoms with Crippen molar-refractivity contribution in [2.24, 2.45) is 16.8 Å². The van der Waals surface area contributed by atoms with Crippen LogP contribution < -0.4 is 10.6 Å². The molecule has 0 aromatic carbocycles. The van der Waals surface area contributed by atoms with E-state index in [1.807, 2.05) is 0 Å². The number of isocyanates is 1. The van der Waals surface area contributed by atoms with Crippen LogP contribution in [0.3, 0.4) is 0 Å². The third-order valence-electron chi connectivity index (χ3n) is 3.98. The van der Waals surface area contributed by atoms with E-state index < -0.39 is 11.5 Å². The lowest BCUT2D eigenvalue weighted by molar-refractivity contribution is -0.146. The zero-order chi connectivity index (χ0) is 16.6. The molecule has 2 amide bonds. The van der Waals surface area contributed by atoms with Crippen LogP contribution in [0.25, 0.3) is 0 Å². The highest BCUT2D eigenvalue weighted by Crippen LogP contribution is 2.28. The van der Waals surface area contributed by atoms with E-state index in [1.165, 1.54) is 7.11 Å². The molecule has 2 unspecified atom stereocenters. The number of methoxy groups -OCH3 is 1. The Hall–Kier alpha value is -1.88. The number of carbonyl (C=O) groups is 2. The lowest BCUT2D eigenvalue weighted by Crippen LogP contribution is -2.54. The highest BCUT2D eigenvalue weighted by molar-refractivity contribution is 5.86. The van der Waals surface area contributed by atoms with Crippen LogP contribution in [-0.2, 0) is 14.3 Å². The Kier molecular flexibility index (Phi) is 7.05. The number of nitrogens with one attached hydrogen (secondary N) is 2. The average Bonchev–Trinajstić information content (AvgIpc) is 2.50. The lowest BCUT2D eigenvalue weighted by Gasteiger charge is -2.29. The van der Waals surface area contributed by atoms with Gasteiger partial charge in [-0.05, 0) is 44.9 Å². The van der Waals surface area contributed by atoms with E-state index in [-0.39, 0.29) is 6.03 Å². The van der Waals surface area contributed by atoms with E-state index >= 15 is 0 Å². The zero-order valence-electron chi connectivity index (χ0n) is 13.5. The minimum atomic E-state index is -1.06. The van der Waals surface area contributed by atoms with Crippen molar-refractivity contribution in [2.45, 2.75) is 45.1 Å². The molecule has 2 N–H and O–H groups in total. The van der Waals surface area contributed by atoms with Gasteiger partial charge in [0.2, 0.25) is 6.08 Å². The summed E-state index contributed by atoms with van der Waals surface area (Å²) in [4.78, 5) is 37.2. The molecule has 0 aliphatic heterocycles. The molecular formula is C15H25N3O4. The average molecular weight is 311 g/mol. The molecule has 1 rings (SSSR count). The summed E-state index contributed by atoms with van der Waals surface area (Å²) in [5, 5.41) is 5.40. The van der Waals surface area contributed by atoms with Gasteiger partial charge in [0, 0.05) is 6.54 Å². The molecule has 1 aliphatic rings. The quantitative estimate of drug-likeness (QED) is 0.440. The minimum Gasteiger partial charge on any atom is -0.467 e. The first kappa shape index (κ1) is 18.2. The Morgan fingerprint density at radius 1 is 1.32 bits per heavy atom. The van der Waals surface area contributed by atoms with Gasteiger partial charge in [0.1, 0.15) is 5.54 Å². The second-order valence-corrected chi connectivity index (χ2v) is 6.28. The van der Waals surface area contributed by atoms with Crippen molar-refractivity contribution in [3.8, 4) is 0 Å². The molecule has 0 aromatic heterocycles. The topological polar surface area (TPSA) is 96.9 Å². The zero-order valence-corrected chi connectivity index (χ0v) is 13.5. The number of hydrogen-bond acceptors (Lipinski definition) is 5. The van der Waals surface area contributed by atoms with Gasteiger partial charge >= 0.3 is 12.0 Å². The van der Waals surface area contributed by atoms with Crippen molar-refractivity contribution >= 4 is 18.1 Å². The lowest BCUT2D eigenvalue weighted by atomic mass is 9.81. The van der Waals surface area contributed by atoms with E-state index in [0.717, 1.165) is 25.7 Å². The van der Waals surface area contributed by atoms with Gasteiger partial charge in [-0.1, -0.05) is 6.42 Å². The van der Waals surface area contributed by atoms with Crippen LogP contribution in [0.2, 0.25) is 0 Å². The van der Waals surface area contributed by atoms with Crippen molar-refractivity contribution in [3.63, 3.8) is 0 Å². The third-order valence-corrected chi connectivity index (χ3v) is 3.98. The third kappa shape index (κ3) is 5.85. The van der Waals surface area contributed by atoms with Gasteiger partial charge in [-0.3, -0.25) is 0 Å². The maximum atomic E-state index is 11.9. The van der Waals surface area contributed by atoms with Gasteiger partial charge in [0.05, 0.1) is 13.7 Å². The summed E-state index contributed by atoms with van der Waals surface area (Å²) in [5.74, 6) is 0.260. The summed E-state index contributed by atoms with van der Waals surface area (Å²) in [7, 11) is 1.29. The van der Waals surface area contributed by atoms with Crippen molar-refractivity contribution in [2.75, 3.05) is 20.2 Å². The number of nitrogens with zero attached hydrogens (tertiary/aromatic N) is 1. The van der Waals surface area contributed by atoms with E-state index in [1.54, 1.807) is 19.9 Å². The van der Waals surface area contributed by atoms with E-state index in [0.29, 0.717) is 24.9 Å². The normalized spacial score (nSPS) is 21.4. The monoisotopic (exact) mass is 311 g/mol. The summed E-state index contributed by atoms with van der Waals surface area (Å²) in [6.45, 7) is 4.24. The molecular weight excluding hydrogens is 286 g/mol.